The van der Waals surface area contributed by atoms with E-state index in [4.69, 9.17) is 10.5 Å². The fourth-order valence-electron chi connectivity index (χ4n) is 2.36. The molecule has 5 nitrogen and oxygen atoms in total. The second kappa shape index (κ2) is 6.78. The number of nitrogens with two attached hydrogens (primary N) is 1. The number of carbonyl (C=O) groups is 1. The highest BCUT2D eigenvalue weighted by atomic mass is 19.1. The summed E-state index contributed by atoms with van der Waals surface area (Å²) >= 11 is 0. The summed E-state index contributed by atoms with van der Waals surface area (Å²) in [5, 5.41) is 2.58. The Morgan fingerprint density at radius 3 is 2.95 bits per heavy atom. The Morgan fingerprint density at radius 1 is 1.50 bits per heavy atom. The van der Waals surface area contributed by atoms with Crippen LogP contribution in [0.3, 0.4) is 0 Å². The van der Waals surface area contributed by atoms with Crippen LogP contribution >= 0.6 is 0 Å². The first-order chi connectivity index (χ1) is 9.58. The second-order valence-electron chi connectivity index (χ2n) is 5.03. The number of anilines is 1. The number of carbonyl (C=O) groups excluding carboxylic acids is 1. The van der Waals surface area contributed by atoms with Crippen molar-refractivity contribution in [3.8, 4) is 0 Å². The van der Waals surface area contributed by atoms with Gasteiger partial charge >= 0.3 is 0 Å². The lowest BCUT2D eigenvalue weighted by Gasteiger charge is -2.35. The molecule has 0 saturated carbocycles. The average Bonchev–Trinajstić information content (AvgIpc) is 2.40. The highest BCUT2D eigenvalue weighted by molar-refractivity contribution is 5.92. The first-order valence-corrected chi connectivity index (χ1v) is 6.70. The highest BCUT2D eigenvalue weighted by Crippen LogP contribution is 2.13. The molecule has 0 bridgehead atoms. The van der Waals surface area contributed by atoms with Gasteiger partial charge in [-0.2, -0.15) is 0 Å². The van der Waals surface area contributed by atoms with Crippen molar-refractivity contribution in [1.29, 1.82) is 0 Å². The van der Waals surface area contributed by atoms with Crippen molar-refractivity contribution in [3.05, 3.63) is 30.1 Å². The highest BCUT2D eigenvalue weighted by Gasteiger charge is 2.25. The Bertz CT molecular complexity index is 469. The number of halogens is 1. The number of benzene rings is 1. The summed E-state index contributed by atoms with van der Waals surface area (Å²) in [7, 11) is 0. The van der Waals surface area contributed by atoms with Crippen LogP contribution in [0.15, 0.2) is 24.3 Å². The Balaban J connectivity index is 1.89. The van der Waals surface area contributed by atoms with Crippen molar-refractivity contribution >= 4 is 11.6 Å². The summed E-state index contributed by atoms with van der Waals surface area (Å²) in [4.78, 5) is 13.9. The van der Waals surface area contributed by atoms with Crippen LogP contribution in [-0.2, 0) is 9.53 Å². The van der Waals surface area contributed by atoms with Gasteiger partial charge in [-0.25, -0.2) is 4.39 Å². The van der Waals surface area contributed by atoms with E-state index in [0.717, 1.165) is 0 Å². The summed E-state index contributed by atoms with van der Waals surface area (Å²) in [5.41, 5.74) is 5.80. The molecule has 1 aromatic carbocycles. The summed E-state index contributed by atoms with van der Waals surface area (Å²) in [5.74, 6) is -0.670. The number of para-hydroxylation sites is 1. The third kappa shape index (κ3) is 4.00. The van der Waals surface area contributed by atoms with Gasteiger partial charge in [0.05, 0.1) is 24.4 Å². The van der Waals surface area contributed by atoms with E-state index in [1.165, 1.54) is 12.1 Å². The summed E-state index contributed by atoms with van der Waals surface area (Å²) in [6.45, 7) is 3.87. The Labute approximate surface area is 117 Å². The zero-order chi connectivity index (χ0) is 14.5. The lowest BCUT2D eigenvalue weighted by atomic mass is 10.2. The Kier molecular flexibility index (Phi) is 5.05. The third-order valence-corrected chi connectivity index (χ3v) is 3.18. The molecule has 1 amide bonds. The SMILES string of the molecule is CC1CN(CC(=O)Nc2ccccc2F)CC(CN)O1. The molecule has 110 valence electrons. The smallest absolute Gasteiger partial charge is 0.238 e. The molecule has 0 aromatic heterocycles. The van der Waals surface area contributed by atoms with E-state index in [-0.39, 0.29) is 30.3 Å². The van der Waals surface area contributed by atoms with Gasteiger partial charge in [0.1, 0.15) is 5.82 Å². The van der Waals surface area contributed by atoms with Gasteiger partial charge in [-0.05, 0) is 19.1 Å². The van der Waals surface area contributed by atoms with Crippen LogP contribution in [0, 0.1) is 5.82 Å². The number of hydrogen-bond acceptors (Lipinski definition) is 4. The molecular formula is C14H20FN3O2. The summed E-state index contributed by atoms with van der Waals surface area (Å²) in [6.07, 6.45) is -0.0152. The molecule has 1 fully saturated rings. The predicted octanol–water partition coefficient (Wildman–Crippen LogP) is 0.812. The number of hydrogen-bond donors (Lipinski definition) is 2. The molecule has 20 heavy (non-hydrogen) atoms. The maximum Gasteiger partial charge on any atom is 0.238 e. The van der Waals surface area contributed by atoms with Crippen molar-refractivity contribution in [3.63, 3.8) is 0 Å². The molecule has 1 heterocycles. The maximum absolute atomic E-state index is 13.4. The van der Waals surface area contributed by atoms with Crippen LogP contribution in [-0.4, -0.2) is 49.2 Å². The normalized spacial score (nSPS) is 23.6. The van der Waals surface area contributed by atoms with Crippen LogP contribution in [0.5, 0.6) is 0 Å². The van der Waals surface area contributed by atoms with Crippen molar-refractivity contribution in [1.82, 2.24) is 4.90 Å². The summed E-state index contributed by atoms with van der Waals surface area (Å²) in [6, 6.07) is 6.12. The lowest BCUT2D eigenvalue weighted by Crippen LogP contribution is -2.51. The van der Waals surface area contributed by atoms with Crippen LogP contribution in [0.2, 0.25) is 0 Å². The van der Waals surface area contributed by atoms with E-state index in [1.54, 1.807) is 12.1 Å². The number of rotatable bonds is 4. The minimum Gasteiger partial charge on any atom is -0.371 e. The van der Waals surface area contributed by atoms with Crippen LogP contribution in [0.25, 0.3) is 0 Å². The van der Waals surface area contributed by atoms with E-state index in [1.807, 2.05) is 11.8 Å². The van der Waals surface area contributed by atoms with Gasteiger partial charge in [0.25, 0.3) is 0 Å². The second-order valence-corrected chi connectivity index (χ2v) is 5.03. The molecule has 1 aliphatic rings. The van der Waals surface area contributed by atoms with Gasteiger partial charge in [0.15, 0.2) is 0 Å². The number of morpholine rings is 1. The van der Waals surface area contributed by atoms with Gasteiger partial charge in [0, 0.05) is 19.6 Å². The fraction of sp³-hybridized carbons (Fsp3) is 0.500. The van der Waals surface area contributed by atoms with E-state index in [2.05, 4.69) is 5.32 Å². The van der Waals surface area contributed by atoms with Gasteiger partial charge in [-0.15, -0.1) is 0 Å². The van der Waals surface area contributed by atoms with Gasteiger partial charge in [-0.1, -0.05) is 12.1 Å². The standard InChI is InChI=1S/C14H20FN3O2/c1-10-7-18(8-11(6-16)20-10)9-14(19)17-13-5-3-2-4-12(13)15/h2-5,10-11H,6-9,16H2,1H3,(H,17,19). The van der Waals surface area contributed by atoms with Crippen molar-refractivity contribution in [2.24, 2.45) is 5.73 Å². The molecule has 0 aliphatic carbocycles. The summed E-state index contributed by atoms with van der Waals surface area (Å²) < 4.78 is 19.1. The Hall–Kier alpha value is -1.50. The molecule has 1 aliphatic heterocycles. The lowest BCUT2D eigenvalue weighted by molar-refractivity contribution is -0.121. The largest absolute Gasteiger partial charge is 0.371 e. The van der Waals surface area contributed by atoms with E-state index >= 15 is 0 Å². The topological polar surface area (TPSA) is 67.6 Å². The van der Waals surface area contributed by atoms with Crippen LogP contribution in [0.1, 0.15) is 6.92 Å². The molecule has 2 rings (SSSR count). The number of amides is 1. The Morgan fingerprint density at radius 2 is 2.25 bits per heavy atom. The first-order valence-electron chi connectivity index (χ1n) is 6.70. The minimum atomic E-state index is -0.434. The van der Waals surface area contributed by atoms with E-state index in [9.17, 15) is 9.18 Å². The number of nitrogens with zero attached hydrogens (tertiary/aromatic N) is 1. The first kappa shape index (κ1) is 14.9. The predicted molar refractivity (Wildman–Crippen MR) is 74.9 cm³/mol. The molecule has 0 spiro atoms. The van der Waals surface area contributed by atoms with Crippen molar-refractivity contribution in [2.75, 3.05) is 31.5 Å². The van der Waals surface area contributed by atoms with Crippen molar-refractivity contribution in [2.45, 2.75) is 19.1 Å². The maximum atomic E-state index is 13.4. The quantitative estimate of drug-likeness (QED) is 0.857. The molecule has 0 radical (unpaired) electrons. The molecule has 1 saturated heterocycles. The molecule has 2 atom stereocenters. The van der Waals surface area contributed by atoms with Crippen LogP contribution < -0.4 is 11.1 Å². The van der Waals surface area contributed by atoms with E-state index < -0.39 is 5.82 Å². The molecule has 2 unspecified atom stereocenters. The minimum absolute atomic E-state index is 0.0403. The fourth-order valence-corrected chi connectivity index (χ4v) is 2.36. The number of ether oxygens (including phenoxy) is 1. The monoisotopic (exact) mass is 281 g/mol. The zero-order valence-electron chi connectivity index (χ0n) is 11.5. The molecule has 3 N–H and O–H groups in total. The van der Waals surface area contributed by atoms with Gasteiger partial charge in [-0.3, -0.25) is 9.69 Å². The third-order valence-electron chi connectivity index (χ3n) is 3.18. The average molecular weight is 281 g/mol. The zero-order valence-corrected chi connectivity index (χ0v) is 11.5. The van der Waals surface area contributed by atoms with E-state index in [0.29, 0.717) is 19.6 Å². The van der Waals surface area contributed by atoms with Gasteiger partial charge < -0.3 is 15.8 Å². The molecule has 1 aromatic rings. The number of nitrogens with one attached hydrogen (secondary N) is 1. The molecular weight excluding hydrogens is 261 g/mol. The molecule has 6 heteroatoms. The van der Waals surface area contributed by atoms with Crippen molar-refractivity contribution < 1.29 is 13.9 Å². The van der Waals surface area contributed by atoms with Gasteiger partial charge in [0.2, 0.25) is 5.91 Å². The van der Waals surface area contributed by atoms with Crippen LogP contribution in [0.4, 0.5) is 10.1 Å².